The Morgan fingerprint density at radius 2 is 2.26 bits per heavy atom. The van der Waals surface area contributed by atoms with Crippen molar-refractivity contribution >= 4 is 15.5 Å². The molecule has 2 aromatic heterocycles. The van der Waals surface area contributed by atoms with Gasteiger partial charge in [0.15, 0.2) is 15.5 Å². The Labute approximate surface area is 111 Å². The predicted octanol–water partition coefficient (Wildman–Crippen LogP) is 0.480. The van der Waals surface area contributed by atoms with Gasteiger partial charge in [-0.3, -0.25) is 4.40 Å². The number of nitrogens with zero attached hydrogens (tertiary/aromatic N) is 3. The molecule has 0 spiro atoms. The van der Waals surface area contributed by atoms with E-state index in [2.05, 4.69) is 10.2 Å². The van der Waals surface area contributed by atoms with Gasteiger partial charge in [0.05, 0.1) is 11.5 Å². The minimum Gasteiger partial charge on any atom is -0.326 e. The van der Waals surface area contributed by atoms with Crippen LogP contribution in [0.25, 0.3) is 5.65 Å². The van der Waals surface area contributed by atoms with Gasteiger partial charge < -0.3 is 5.73 Å². The first-order chi connectivity index (χ1) is 9.11. The number of fused-ring (bicyclic) bond motifs is 1. The maximum absolute atomic E-state index is 11.7. The van der Waals surface area contributed by atoms with Crippen LogP contribution in [-0.2, 0) is 16.4 Å². The molecule has 3 rings (SSSR count). The Morgan fingerprint density at radius 1 is 1.42 bits per heavy atom. The highest BCUT2D eigenvalue weighted by Gasteiger charge is 2.29. The van der Waals surface area contributed by atoms with Gasteiger partial charge in [-0.1, -0.05) is 6.07 Å². The largest absolute Gasteiger partial charge is 0.326 e. The number of hydrogen-bond acceptors (Lipinski definition) is 5. The maximum Gasteiger partial charge on any atom is 0.165 e. The Bertz CT molecular complexity index is 708. The fraction of sp³-hybridized carbons (Fsp3) is 0.500. The molecule has 7 heteroatoms. The third-order valence-corrected chi connectivity index (χ3v) is 5.41. The average molecular weight is 280 g/mol. The molecule has 1 saturated heterocycles. The van der Waals surface area contributed by atoms with E-state index >= 15 is 0 Å². The minimum atomic E-state index is -2.95. The molecule has 102 valence electrons. The lowest BCUT2D eigenvalue weighted by Gasteiger charge is -2.20. The van der Waals surface area contributed by atoms with E-state index in [9.17, 15) is 8.42 Å². The van der Waals surface area contributed by atoms with E-state index < -0.39 is 9.84 Å². The van der Waals surface area contributed by atoms with Crippen LogP contribution in [0.3, 0.4) is 0 Å². The van der Waals surface area contributed by atoms with Crippen LogP contribution in [0.5, 0.6) is 0 Å². The minimum absolute atomic E-state index is 0.0678. The van der Waals surface area contributed by atoms with Gasteiger partial charge in [0.2, 0.25) is 0 Å². The Hall–Kier alpha value is -1.47. The van der Waals surface area contributed by atoms with E-state index in [0.717, 1.165) is 23.5 Å². The fourth-order valence-corrected chi connectivity index (χ4v) is 4.36. The molecule has 0 bridgehead atoms. The summed E-state index contributed by atoms with van der Waals surface area (Å²) in [4.78, 5) is 0. The topological polar surface area (TPSA) is 90.3 Å². The first-order valence-corrected chi connectivity index (χ1v) is 8.16. The summed E-state index contributed by atoms with van der Waals surface area (Å²) in [5.74, 6) is 1.12. The summed E-state index contributed by atoms with van der Waals surface area (Å²) in [5.41, 5.74) is 7.31. The van der Waals surface area contributed by atoms with Crippen LogP contribution in [0.15, 0.2) is 18.3 Å². The van der Waals surface area contributed by atoms with Crippen LogP contribution in [-0.4, -0.2) is 34.5 Å². The maximum atomic E-state index is 11.7. The highest BCUT2D eigenvalue weighted by Crippen LogP contribution is 2.27. The third kappa shape index (κ3) is 2.23. The zero-order valence-corrected chi connectivity index (χ0v) is 11.3. The Morgan fingerprint density at radius 3 is 3.00 bits per heavy atom. The van der Waals surface area contributed by atoms with E-state index in [0.29, 0.717) is 13.0 Å². The summed E-state index contributed by atoms with van der Waals surface area (Å²) in [6, 6.07) is 3.80. The number of rotatable bonds is 2. The van der Waals surface area contributed by atoms with E-state index in [1.807, 2.05) is 22.7 Å². The molecule has 1 fully saturated rings. The van der Waals surface area contributed by atoms with E-state index in [1.165, 1.54) is 0 Å². The predicted molar refractivity (Wildman–Crippen MR) is 71.5 cm³/mol. The molecule has 3 heterocycles. The molecule has 2 aromatic rings. The summed E-state index contributed by atoms with van der Waals surface area (Å²) < 4.78 is 25.3. The highest BCUT2D eigenvalue weighted by atomic mass is 32.2. The van der Waals surface area contributed by atoms with Gasteiger partial charge in [0.1, 0.15) is 5.82 Å². The van der Waals surface area contributed by atoms with Crippen LogP contribution in [0.1, 0.15) is 30.1 Å². The van der Waals surface area contributed by atoms with Gasteiger partial charge in [0, 0.05) is 24.2 Å². The molecule has 2 N–H and O–H groups in total. The normalized spacial score (nSPS) is 22.7. The molecule has 19 heavy (non-hydrogen) atoms. The molecule has 0 amide bonds. The second kappa shape index (κ2) is 4.57. The van der Waals surface area contributed by atoms with Gasteiger partial charge in [-0.25, -0.2) is 8.42 Å². The second-order valence-electron chi connectivity index (χ2n) is 4.94. The summed E-state index contributed by atoms with van der Waals surface area (Å²) >= 11 is 0. The van der Waals surface area contributed by atoms with Gasteiger partial charge in [-0.15, -0.1) is 10.2 Å². The van der Waals surface area contributed by atoms with Gasteiger partial charge >= 0.3 is 0 Å². The molecule has 1 unspecified atom stereocenters. The van der Waals surface area contributed by atoms with Crippen LogP contribution >= 0.6 is 0 Å². The van der Waals surface area contributed by atoms with Crippen LogP contribution in [0, 0.1) is 0 Å². The first kappa shape index (κ1) is 12.6. The standard InChI is InChI=1S/C12H16N4O2S/c13-7-9-3-1-5-16-11(9)14-15-12(16)10-4-2-6-19(17,18)8-10/h1,3,5,10H,2,4,6-8,13H2. The van der Waals surface area contributed by atoms with Crippen molar-refractivity contribution in [3.8, 4) is 0 Å². The van der Waals surface area contributed by atoms with Crippen molar-refractivity contribution in [1.82, 2.24) is 14.6 Å². The van der Waals surface area contributed by atoms with Gasteiger partial charge in [0.25, 0.3) is 0 Å². The van der Waals surface area contributed by atoms with E-state index in [-0.39, 0.29) is 17.4 Å². The summed E-state index contributed by atoms with van der Waals surface area (Å²) in [5, 5.41) is 8.34. The first-order valence-electron chi connectivity index (χ1n) is 6.34. The smallest absolute Gasteiger partial charge is 0.165 e. The third-order valence-electron chi connectivity index (χ3n) is 3.59. The lowest BCUT2D eigenvalue weighted by molar-refractivity contribution is 0.541. The monoisotopic (exact) mass is 280 g/mol. The van der Waals surface area contributed by atoms with Crippen molar-refractivity contribution in [3.05, 3.63) is 29.7 Å². The molecule has 0 saturated carbocycles. The van der Waals surface area contributed by atoms with Crippen molar-refractivity contribution < 1.29 is 8.42 Å². The van der Waals surface area contributed by atoms with Gasteiger partial charge in [-0.2, -0.15) is 0 Å². The highest BCUT2D eigenvalue weighted by molar-refractivity contribution is 7.91. The SMILES string of the molecule is NCc1cccn2c(C3CCCS(=O)(=O)C3)nnc12. The molecular weight excluding hydrogens is 264 g/mol. The van der Waals surface area contributed by atoms with Crippen LogP contribution in [0.2, 0.25) is 0 Å². The van der Waals surface area contributed by atoms with Gasteiger partial charge in [-0.05, 0) is 18.9 Å². The Balaban J connectivity index is 2.06. The number of hydrogen-bond donors (Lipinski definition) is 1. The molecule has 1 aliphatic rings. The zero-order chi connectivity index (χ0) is 13.5. The summed E-state index contributed by atoms with van der Waals surface area (Å²) in [7, 11) is -2.95. The number of aromatic nitrogens is 3. The number of sulfone groups is 1. The molecule has 1 atom stereocenters. The molecule has 0 aliphatic carbocycles. The zero-order valence-electron chi connectivity index (χ0n) is 10.5. The second-order valence-corrected chi connectivity index (χ2v) is 7.17. The fourth-order valence-electron chi connectivity index (χ4n) is 2.65. The quantitative estimate of drug-likeness (QED) is 0.864. The average Bonchev–Trinajstić information content (AvgIpc) is 2.81. The summed E-state index contributed by atoms with van der Waals surface area (Å²) in [6.07, 6.45) is 3.40. The van der Waals surface area contributed by atoms with Crippen molar-refractivity contribution in [2.75, 3.05) is 11.5 Å². The molecule has 0 radical (unpaired) electrons. The van der Waals surface area contributed by atoms with Crippen molar-refractivity contribution in [2.24, 2.45) is 5.73 Å². The summed E-state index contributed by atoms with van der Waals surface area (Å²) in [6.45, 7) is 0.394. The van der Waals surface area contributed by atoms with Crippen LogP contribution < -0.4 is 5.73 Å². The number of pyridine rings is 1. The lowest BCUT2D eigenvalue weighted by atomic mass is 10.0. The number of nitrogens with two attached hydrogens (primary N) is 1. The Kier molecular flexibility index (Phi) is 3.02. The van der Waals surface area contributed by atoms with Crippen molar-refractivity contribution in [1.29, 1.82) is 0 Å². The van der Waals surface area contributed by atoms with Crippen molar-refractivity contribution in [2.45, 2.75) is 25.3 Å². The molecule has 1 aliphatic heterocycles. The van der Waals surface area contributed by atoms with Crippen LogP contribution in [0.4, 0.5) is 0 Å². The lowest BCUT2D eigenvalue weighted by Crippen LogP contribution is -2.25. The van der Waals surface area contributed by atoms with Crippen molar-refractivity contribution in [3.63, 3.8) is 0 Å². The molecular formula is C12H16N4O2S. The van der Waals surface area contributed by atoms with E-state index in [4.69, 9.17) is 5.73 Å². The van der Waals surface area contributed by atoms with E-state index in [1.54, 1.807) is 0 Å². The molecule has 6 nitrogen and oxygen atoms in total. The molecule has 0 aromatic carbocycles.